The van der Waals surface area contributed by atoms with E-state index in [-0.39, 0.29) is 6.61 Å². The lowest BCUT2D eigenvalue weighted by Gasteiger charge is -2.15. The Morgan fingerprint density at radius 2 is 2.15 bits per heavy atom. The van der Waals surface area contributed by atoms with Crippen molar-refractivity contribution in [2.24, 2.45) is 0 Å². The number of aromatic hydroxyl groups is 1. The fraction of sp³-hybridized carbons (Fsp3) is 0.400. The first-order valence-electron chi connectivity index (χ1n) is 5.41. The number of phenolic OH excluding ortho intramolecular Hbond substituents is 1. The number of benzene rings is 1. The highest BCUT2D eigenvalue weighted by atomic mass is 32.2. The standard InChI is InChI=1S/C10H14N2O7S/c1-19-6-7(5-13)11-20(17,18)8-2-3-10(14)9(4-8)12(15)16/h2-4,7,11,13-14H,5-6H2,1H3. The van der Waals surface area contributed by atoms with Crippen LogP contribution < -0.4 is 4.72 Å². The molecular weight excluding hydrogens is 292 g/mol. The van der Waals surface area contributed by atoms with Gasteiger partial charge in [0.15, 0.2) is 5.75 Å². The smallest absolute Gasteiger partial charge is 0.312 e. The number of methoxy groups -OCH3 is 1. The summed E-state index contributed by atoms with van der Waals surface area (Å²) in [5, 5.41) is 28.9. The van der Waals surface area contributed by atoms with E-state index < -0.39 is 43.9 Å². The summed E-state index contributed by atoms with van der Waals surface area (Å²) in [7, 11) is -2.74. The largest absolute Gasteiger partial charge is 0.502 e. The molecule has 0 aliphatic heterocycles. The average Bonchev–Trinajstić information content (AvgIpc) is 2.37. The van der Waals surface area contributed by atoms with Crippen LogP contribution in [-0.4, -0.2) is 49.9 Å². The normalized spacial score (nSPS) is 13.1. The van der Waals surface area contributed by atoms with Crippen LogP contribution in [-0.2, 0) is 14.8 Å². The Labute approximate surface area is 115 Å². The molecule has 0 aromatic heterocycles. The van der Waals surface area contributed by atoms with Gasteiger partial charge in [0, 0.05) is 13.2 Å². The Kier molecular flexibility index (Phi) is 5.39. The molecule has 9 nitrogen and oxygen atoms in total. The lowest BCUT2D eigenvalue weighted by atomic mass is 10.3. The summed E-state index contributed by atoms with van der Waals surface area (Å²) < 4.78 is 30.8. The van der Waals surface area contributed by atoms with Crippen LogP contribution in [0.4, 0.5) is 5.69 Å². The fourth-order valence-electron chi connectivity index (χ4n) is 1.43. The summed E-state index contributed by atoms with van der Waals surface area (Å²) in [5.74, 6) is -0.635. The van der Waals surface area contributed by atoms with Crippen LogP contribution in [0.25, 0.3) is 0 Å². The molecule has 0 bridgehead atoms. The van der Waals surface area contributed by atoms with Crippen molar-refractivity contribution in [3.05, 3.63) is 28.3 Å². The van der Waals surface area contributed by atoms with E-state index in [0.717, 1.165) is 18.2 Å². The van der Waals surface area contributed by atoms with Crippen molar-refractivity contribution in [3.8, 4) is 5.75 Å². The van der Waals surface area contributed by atoms with Crippen LogP contribution in [0.2, 0.25) is 0 Å². The van der Waals surface area contributed by atoms with Gasteiger partial charge in [-0.25, -0.2) is 13.1 Å². The lowest BCUT2D eigenvalue weighted by Crippen LogP contribution is -2.40. The maximum Gasteiger partial charge on any atom is 0.312 e. The number of hydrogen-bond donors (Lipinski definition) is 3. The molecule has 0 aliphatic carbocycles. The van der Waals surface area contributed by atoms with E-state index in [9.17, 15) is 23.6 Å². The second kappa shape index (κ2) is 6.61. The number of nitro benzene ring substituents is 1. The van der Waals surface area contributed by atoms with Gasteiger partial charge in [0.25, 0.3) is 0 Å². The molecule has 0 aliphatic rings. The fourth-order valence-corrected chi connectivity index (χ4v) is 2.66. The zero-order valence-corrected chi connectivity index (χ0v) is 11.3. The average molecular weight is 306 g/mol. The minimum Gasteiger partial charge on any atom is -0.502 e. The van der Waals surface area contributed by atoms with Gasteiger partial charge in [-0.05, 0) is 12.1 Å². The third-order valence-corrected chi connectivity index (χ3v) is 3.88. The molecule has 0 saturated heterocycles. The van der Waals surface area contributed by atoms with Gasteiger partial charge in [-0.2, -0.15) is 0 Å². The summed E-state index contributed by atoms with van der Waals surface area (Å²) in [6.45, 7) is -0.552. The van der Waals surface area contributed by atoms with Gasteiger partial charge in [0.05, 0.1) is 29.1 Å². The Hall–Kier alpha value is -1.75. The molecule has 0 heterocycles. The number of aliphatic hydroxyl groups excluding tert-OH is 1. The molecule has 0 fully saturated rings. The summed E-state index contributed by atoms with van der Waals surface area (Å²) in [6.07, 6.45) is 0. The van der Waals surface area contributed by atoms with Gasteiger partial charge >= 0.3 is 5.69 Å². The van der Waals surface area contributed by atoms with Crippen molar-refractivity contribution in [2.75, 3.05) is 20.3 Å². The Bertz CT molecular complexity index is 587. The van der Waals surface area contributed by atoms with E-state index in [1.54, 1.807) is 0 Å². The maximum atomic E-state index is 12.0. The lowest BCUT2D eigenvalue weighted by molar-refractivity contribution is -0.386. The van der Waals surface area contributed by atoms with Gasteiger partial charge in [0.1, 0.15) is 0 Å². The first-order valence-corrected chi connectivity index (χ1v) is 6.89. The Morgan fingerprint density at radius 3 is 2.65 bits per heavy atom. The topological polar surface area (TPSA) is 139 Å². The highest BCUT2D eigenvalue weighted by Crippen LogP contribution is 2.28. The van der Waals surface area contributed by atoms with Gasteiger partial charge in [0.2, 0.25) is 10.0 Å². The van der Waals surface area contributed by atoms with Gasteiger partial charge < -0.3 is 14.9 Å². The first-order chi connectivity index (χ1) is 9.31. The minimum atomic E-state index is -4.07. The molecule has 0 spiro atoms. The summed E-state index contributed by atoms with van der Waals surface area (Å²) in [4.78, 5) is 9.36. The van der Waals surface area contributed by atoms with Gasteiger partial charge in [-0.15, -0.1) is 0 Å². The highest BCUT2D eigenvalue weighted by molar-refractivity contribution is 7.89. The van der Waals surface area contributed by atoms with Crippen molar-refractivity contribution in [1.82, 2.24) is 4.72 Å². The maximum absolute atomic E-state index is 12.0. The van der Waals surface area contributed by atoms with E-state index in [1.807, 2.05) is 0 Å². The Morgan fingerprint density at radius 1 is 1.50 bits per heavy atom. The number of nitrogens with one attached hydrogen (secondary N) is 1. The monoisotopic (exact) mass is 306 g/mol. The molecule has 1 unspecified atom stereocenters. The number of phenols is 1. The molecule has 1 atom stereocenters. The summed E-state index contributed by atoms with van der Waals surface area (Å²) in [5.41, 5.74) is -0.722. The van der Waals surface area contributed by atoms with Crippen molar-refractivity contribution in [3.63, 3.8) is 0 Å². The van der Waals surface area contributed by atoms with E-state index in [0.29, 0.717) is 0 Å². The minimum absolute atomic E-state index is 0.0596. The summed E-state index contributed by atoms with van der Waals surface area (Å²) >= 11 is 0. The molecule has 0 radical (unpaired) electrons. The zero-order valence-electron chi connectivity index (χ0n) is 10.5. The summed E-state index contributed by atoms with van der Waals surface area (Å²) in [6, 6.07) is 1.79. The molecule has 1 rings (SSSR count). The SMILES string of the molecule is COCC(CO)NS(=O)(=O)c1ccc(O)c([N+](=O)[O-])c1. The van der Waals surface area contributed by atoms with Crippen LogP contribution in [0.15, 0.2) is 23.1 Å². The third-order valence-electron chi connectivity index (χ3n) is 2.36. The highest BCUT2D eigenvalue weighted by Gasteiger charge is 2.23. The number of hydrogen-bond acceptors (Lipinski definition) is 7. The van der Waals surface area contributed by atoms with Crippen molar-refractivity contribution in [1.29, 1.82) is 0 Å². The number of ether oxygens (including phenoxy) is 1. The predicted octanol–water partition coefficient (Wildman–Crippen LogP) is -0.414. The first kappa shape index (κ1) is 16.3. The van der Waals surface area contributed by atoms with E-state index >= 15 is 0 Å². The molecule has 10 heteroatoms. The number of rotatable bonds is 7. The molecule has 3 N–H and O–H groups in total. The third kappa shape index (κ3) is 3.87. The Balaban J connectivity index is 3.09. The second-order valence-electron chi connectivity index (χ2n) is 3.86. The van der Waals surface area contributed by atoms with Crippen molar-refractivity contribution in [2.45, 2.75) is 10.9 Å². The van der Waals surface area contributed by atoms with E-state index in [4.69, 9.17) is 9.84 Å². The van der Waals surface area contributed by atoms with Gasteiger partial charge in [-0.3, -0.25) is 10.1 Å². The molecular formula is C10H14N2O7S. The van der Waals surface area contributed by atoms with Crippen LogP contribution in [0.1, 0.15) is 0 Å². The quantitative estimate of drug-likeness (QED) is 0.459. The molecule has 112 valence electrons. The number of sulfonamides is 1. The number of nitro groups is 1. The number of aliphatic hydroxyl groups is 1. The van der Waals surface area contributed by atoms with Crippen molar-refractivity contribution < 1.29 is 28.3 Å². The zero-order chi connectivity index (χ0) is 15.3. The van der Waals surface area contributed by atoms with E-state index in [2.05, 4.69) is 4.72 Å². The van der Waals surface area contributed by atoms with Gasteiger partial charge in [-0.1, -0.05) is 0 Å². The molecule has 1 aromatic rings. The molecule has 20 heavy (non-hydrogen) atoms. The van der Waals surface area contributed by atoms with Crippen LogP contribution >= 0.6 is 0 Å². The molecule has 0 amide bonds. The molecule has 1 aromatic carbocycles. The van der Waals surface area contributed by atoms with Crippen LogP contribution in [0.3, 0.4) is 0 Å². The van der Waals surface area contributed by atoms with Crippen molar-refractivity contribution >= 4 is 15.7 Å². The van der Waals surface area contributed by atoms with Crippen LogP contribution in [0, 0.1) is 10.1 Å². The second-order valence-corrected chi connectivity index (χ2v) is 5.58. The molecule has 0 saturated carbocycles. The predicted molar refractivity (Wildman–Crippen MR) is 67.8 cm³/mol. The number of nitrogens with zero attached hydrogens (tertiary/aromatic N) is 1. The van der Waals surface area contributed by atoms with E-state index in [1.165, 1.54) is 7.11 Å². The van der Waals surface area contributed by atoms with Crippen LogP contribution in [0.5, 0.6) is 5.75 Å².